The van der Waals surface area contributed by atoms with Crippen LogP contribution in [0.1, 0.15) is 138 Å². The van der Waals surface area contributed by atoms with Gasteiger partial charge in [-0.1, -0.05) is 118 Å². The monoisotopic (exact) mass is 1340 g/mol. The molecule has 1 fully saturated rings. The van der Waals surface area contributed by atoms with E-state index in [-0.39, 0.29) is 81.4 Å². The molecule has 532 valence electrons. The molecule has 0 radical (unpaired) electrons. The Morgan fingerprint density at radius 3 is 1.89 bits per heavy atom. The maximum Gasteiger partial charge on any atom is 0.410 e. The molecule has 96 heavy (non-hydrogen) atoms. The predicted octanol–water partition coefficient (Wildman–Crippen LogP) is 4.74. The van der Waals surface area contributed by atoms with E-state index in [0.717, 1.165) is 10.5 Å². The van der Waals surface area contributed by atoms with Gasteiger partial charge >= 0.3 is 18.1 Å². The van der Waals surface area contributed by atoms with Gasteiger partial charge in [0, 0.05) is 78.6 Å². The van der Waals surface area contributed by atoms with Crippen molar-refractivity contribution in [1.29, 1.82) is 0 Å². The molecule has 2 heterocycles. The summed E-state index contributed by atoms with van der Waals surface area (Å²) in [7, 11) is 7.28. The zero-order valence-corrected chi connectivity index (χ0v) is 58.4. The molecular weight excluding hydrogens is 1240 g/mol. The van der Waals surface area contributed by atoms with E-state index in [9.17, 15) is 57.5 Å². The van der Waals surface area contributed by atoms with Crippen LogP contribution in [-0.4, -0.2) is 200 Å². The number of hydrogen-bond acceptors (Lipinski definition) is 16. The molecule has 27 nitrogen and oxygen atoms in total. The van der Waals surface area contributed by atoms with Gasteiger partial charge in [0.25, 0.3) is 11.8 Å². The number of esters is 1. The molecule has 4 rings (SSSR count). The number of rotatable bonds is 39. The van der Waals surface area contributed by atoms with E-state index in [0.29, 0.717) is 56.3 Å². The van der Waals surface area contributed by atoms with Gasteiger partial charge in [0.15, 0.2) is 0 Å². The number of ether oxygens (including phenoxy) is 4. The summed E-state index contributed by atoms with van der Waals surface area (Å²) < 4.78 is 22.8. The Bertz CT molecular complexity index is 2960. The van der Waals surface area contributed by atoms with Gasteiger partial charge in [0.2, 0.25) is 41.4 Å². The minimum Gasteiger partial charge on any atom is -0.467 e. The minimum absolute atomic E-state index is 0.0807. The van der Waals surface area contributed by atoms with Crippen LogP contribution in [0.25, 0.3) is 0 Å². The lowest BCUT2D eigenvalue weighted by Crippen LogP contribution is -2.60. The number of anilines is 1. The summed E-state index contributed by atoms with van der Waals surface area (Å²) in [4.78, 5) is 166. The van der Waals surface area contributed by atoms with Crippen LogP contribution in [0.5, 0.6) is 0 Å². The van der Waals surface area contributed by atoms with E-state index in [4.69, 9.17) is 24.7 Å². The summed E-state index contributed by atoms with van der Waals surface area (Å²) in [5, 5.41) is 16.5. The SMILES string of the molecule is CC[C@H](C)[C@@H](C(CC(=O)N1CCC[C@H]1[C@H](OC)[C@@H](C)C(=O)N[C@@H](Cc1ccccc1)C(=O)OC)OC)N(C)C(=O)[C@@H](NC(=O)[C@H](C(C)C)N(C)C(=O)OCc1ccc(NC(=O)[C@H](CCCNC(N)=O)NC(=O)C(NC(=O)CCCCCN2C(=O)C=CC2=O)C(C)C)cc1)C(C)C. The zero-order valence-electron chi connectivity index (χ0n) is 58.4. The number of nitrogens with one attached hydrogen (secondary N) is 6. The Balaban J connectivity index is 1.38. The van der Waals surface area contributed by atoms with Crippen LogP contribution in [-0.2, 0) is 79.9 Å². The number of nitrogens with zero attached hydrogens (tertiary/aromatic N) is 4. The molecule has 27 heteroatoms. The molecule has 0 bridgehead atoms. The number of unbranched alkanes of at least 4 members (excludes halogenated alkanes) is 2. The number of hydrogen-bond donors (Lipinski definition) is 7. The average Bonchev–Trinajstić information content (AvgIpc) is 1.55. The smallest absolute Gasteiger partial charge is 0.410 e. The molecule has 11 atom stereocenters. The van der Waals surface area contributed by atoms with E-state index in [1.807, 2.05) is 44.2 Å². The quantitative estimate of drug-likeness (QED) is 0.0270. The number of nitrogens with two attached hydrogens (primary N) is 1. The third-order valence-electron chi connectivity index (χ3n) is 17.8. The van der Waals surface area contributed by atoms with Crippen molar-refractivity contribution < 1.29 is 76.5 Å². The fourth-order valence-electron chi connectivity index (χ4n) is 12.2. The number of urea groups is 1. The van der Waals surface area contributed by atoms with E-state index in [1.54, 1.807) is 84.7 Å². The van der Waals surface area contributed by atoms with Gasteiger partial charge in [-0.2, -0.15) is 0 Å². The average molecular weight is 1340 g/mol. The molecule has 2 unspecified atom stereocenters. The van der Waals surface area contributed by atoms with Crippen LogP contribution >= 0.6 is 0 Å². The van der Waals surface area contributed by atoms with Gasteiger partial charge in [-0.05, 0) is 85.5 Å². The first-order valence-electron chi connectivity index (χ1n) is 33.3. The summed E-state index contributed by atoms with van der Waals surface area (Å²) in [5.41, 5.74) is 6.93. The van der Waals surface area contributed by atoms with Crippen molar-refractivity contribution in [1.82, 2.24) is 46.2 Å². The van der Waals surface area contributed by atoms with Gasteiger partial charge in [0.1, 0.15) is 36.8 Å². The van der Waals surface area contributed by atoms with Crippen molar-refractivity contribution in [3.8, 4) is 0 Å². The second-order valence-electron chi connectivity index (χ2n) is 25.9. The van der Waals surface area contributed by atoms with E-state index < -0.39 is 126 Å². The van der Waals surface area contributed by atoms with Crippen LogP contribution in [0.15, 0.2) is 66.7 Å². The van der Waals surface area contributed by atoms with Crippen molar-refractivity contribution >= 4 is 76.9 Å². The van der Waals surface area contributed by atoms with Crippen LogP contribution in [0, 0.1) is 29.6 Å². The third-order valence-corrected chi connectivity index (χ3v) is 17.8. The first kappa shape index (κ1) is 80.0. The Hall–Kier alpha value is -8.46. The van der Waals surface area contributed by atoms with Gasteiger partial charge in [-0.25, -0.2) is 14.4 Å². The highest BCUT2D eigenvalue weighted by Gasteiger charge is 2.44. The summed E-state index contributed by atoms with van der Waals surface area (Å²) in [5.74, 6) is -6.93. The number of likely N-dealkylation sites (tertiary alicyclic amines) is 1. The Kier molecular flexibility index (Phi) is 32.9. The summed E-state index contributed by atoms with van der Waals surface area (Å²) in [6, 6.07) is 8.45. The molecule has 2 aromatic carbocycles. The molecule has 0 aromatic heterocycles. The maximum atomic E-state index is 14.8. The van der Waals surface area contributed by atoms with Crippen LogP contribution < -0.4 is 37.6 Å². The lowest BCUT2D eigenvalue weighted by atomic mass is 9.89. The highest BCUT2D eigenvalue weighted by molar-refractivity contribution is 6.12. The molecule has 1 saturated heterocycles. The van der Waals surface area contributed by atoms with E-state index in [2.05, 4.69) is 31.9 Å². The summed E-state index contributed by atoms with van der Waals surface area (Å²) >= 11 is 0. The Morgan fingerprint density at radius 2 is 1.31 bits per heavy atom. The number of imide groups is 1. The van der Waals surface area contributed by atoms with Gasteiger partial charge in [0.05, 0.1) is 43.7 Å². The minimum atomic E-state index is -1.12. The molecule has 0 aliphatic carbocycles. The second kappa shape index (κ2) is 39.5. The van der Waals surface area contributed by atoms with Crippen molar-refractivity contribution in [2.75, 3.05) is 60.4 Å². The Morgan fingerprint density at radius 1 is 0.677 bits per heavy atom. The molecule has 0 saturated carbocycles. The van der Waals surface area contributed by atoms with Crippen LogP contribution in [0.3, 0.4) is 0 Å². The molecule has 0 spiro atoms. The molecule has 2 aliphatic rings. The molecular formula is C69H105N11O16. The highest BCUT2D eigenvalue weighted by Crippen LogP contribution is 2.30. The van der Waals surface area contributed by atoms with Crippen molar-refractivity contribution in [3.05, 3.63) is 77.9 Å². The molecule has 8 N–H and O–H groups in total. The number of primary amides is 1. The van der Waals surface area contributed by atoms with Crippen LogP contribution in [0.2, 0.25) is 0 Å². The molecule has 2 aromatic rings. The fraction of sp³-hybridized carbons (Fsp3) is 0.623. The highest BCUT2D eigenvalue weighted by atomic mass is 16.6. The lowest BCUT2D eigenvalue weighted by molar-refractivity contribution is -0.149. The third kappa shape index (κ3) is 23.7. The molecule has 12 amide bonds. The number of carbonyl (C=O) groups is 12. The number of benzene rings is 2. The van der Waals surface area contributed by atoms with E-state index >= 15 is 0 Å². The van der Waals surface area contributed by atoms with Gasteiger partial charge in [-0.15, -0.1) is 0 Å². The first-order chi connectivity index (χ1) is 45.5. The predicted molar refractivity (Wildman–Crippen MR) is 358 cm³/mol. The van der Waals surface area contributed by atoms with Crippen LogP contribution in [0.4, 0.5) is 15.3 Å². The second-order valence-corrected chi connectivity index (χ2v) is 25.9. The topological polar surface area (TPSA) is 353 Å². The molecule has 2 aliphatic heterocycles. The van der Waals surface area contributed by atoms with Gasteiger partial charge < -0.3 is 66.4 Å². The van der Waals surface area contributed by atoms with Crippen molar-refractivity contribution in [3.63, 3.8) is 0 Å². The first-order valence-corrected chi connectivity index (χ1v) is 33.3. The number of carbonyl (C=O) groups excluding carboxylic acids is 12. The largest absolute Gasteiger partial charge is 0.467 e. The van der Waals surface area contributed by atoms with E-state index in [1.165, 1.54) is 50.3 Å². The van der Waals surface area contributed by atoms with Crippen molar-refractivity contribution in [2.24, 2.45) is 35.3 Å². The Labute approximate surface area is 565 Å². The zero-order chi connectivity index (χ0) is 71.5. The standard InChI is InChI=1S/C69H105N11O16/c1-15-44(8)60(52(93-12)39-56(84)79-37-23-27-51(79)61(94-13)45(9)62(85)74-50(67(90)95-14)38-46-24-18-16-19-25-46)77(10)66(89)58(42(4)5)76-65(88)59(43(6)7)78(11)69(92)96-40-47-29-31-48(32-30-47)72-63(86)49(26-22-35-71-68(70)91)73-64(87)57(41(2)3)75-53(81)28-20-17-21-36-80-54(82)33-34-55(80)83/h16,18-19,24-25,29-34,41-45,49-52,57-61H,15,17,20-23,26-28,35-40H2,1-14H3,(H,72,86)(H,73,87)(H,74,85)(H,75,81)(H,76,88)(H3,70,71,91)/t44-,45+,49-,50-,51-,52?,57?,58-,59-,60-,61+/m0/s1. The normalized spacial score (nSPS) is 16.9. The summed E-state index contributed by atoms with van der Waals surface area (Å²) in [6.45, 7) is 16.7. The van der Waals surface area contributed by atoms with Crippen molar-refractivity contribution in [2.45, 2.75) is 194 Å². The maximum absolute atomic E-state index is 14.8. The number of amides is 12. The number of methoxy groups -OCH3 is 3. The lowest BCUT2D eigenvalue weighted by Gasteiger charge is -2.41. The number of likely N-dealkylation sites (N-methyl/N-ethyl adjacent to an activating group) is 2. The summed E-state index contributed by atoms with van der Waals surface area (Å²) in [6.07, 6.45) is 3.86. The van der Waals surface area contributed by atoms with Gasteiger partial charge in [-0.3, -0.25) is 53.0 Å². The fourth-order valence-corrected chi connectivity index (χ4v) is 12.2.